The van der Waals surface area contributed by atoms with Crippen LogP contribution in [0.3, 0.4) is 0 Å². The van der Waals surface area contributed by atoms with Crippen molar-refractivity contribution < 1.29 is 9.90 Å². The van der Waals surface area contributed by atoms with Gasteiger partial charge in [0.05, 0.1) is 17.8 Å². The van der Waals surface area contributed by atoms with Gasteiger partial charge in [-0.2, -0.15) is 0 Å². The summed E-state index contributed by atoms with van der Waals surface area (Å²) in [5.41, 5.74) is 0.555. The summed E-state index contributed by atoms with van der Waals surface area (Å²) >= 11 is 1.41. The van der Waals surface area contributed by atoms with Gasteiger partial charge in [-0.15, -0.1) is 11.3 Å². The number of hydrogen-bond donors (Lipinski definition) is 3. The number of aliphatic hydroxyl groups is 1. The van der Waals surface area contributed by atoms with Crippen LogP contribution in [0.2, 0.25) is 0 Å². The normalized spacial score (nSPS) is 14.7. The van der Waals surface area contributed by atoms with E-state index in [1.165, 1.54) is 11.3 Å². The van der Waals surface area contributed by atoms with Crippen molar-refractivity contribution in [2.45, 2.75) is 53.0 Å². The van der Waals surface area contributed by atoms with Crippen LogP contribution in [0.4, 0.5) is 9.93 Å². The molecule has 2 amide bonds. The Morgan fingerprint density at radius 2 is 2.05 bits per heavy atom. The van der Waals surface area contributed by atoms with Gasteiger partial charge in [0.1, 0.15) is 0 Å². The van der Waals surface area contributed by atoms with Crippen molar-refractivity contribution in [3.05, 3.63) is 11.1 Å². The van der Waals surface area contributed by atoms with Crippen LogP contribution in [-0.4, -0.2) is 28.3 Å². The van der Waals surface area contributed by atoms with Gasteiger partial charge in [-0.3, -0.25) is 5.32 Å². The average Bonchev–Trinajstić information content (AvgIpc) is 2.73. The zero-order chi connectivity index (χ0) is 15.4. The molecule has 0 aliphatic heterocycles. The molecule has 0 saturated carbocycles. The van der Waals surface area contributed by atoms with Crippen LogP contribution in [0, 0.1) is 5.41 Å². The minimum absolute atomic E-state index is 0.0932. The van der Waals surface area contributed by atoms with Crippen LogP contribution in [0.5, 0.6) is 0 Å². The van der Waals surface area contributed by atoms with Crippen molar-refractivity contribution in [1.29, 1.82) is 0 Å². The van der Waals surface area contributed by atoms with E-state index in [0.29, 0.717) is 11.6 Å². The summed E-state index contributed by atoms with van der Waals surface area (Å²) in [4.78, 5) is 16.3. The second-order valence-electron chi connectivity index (χ2n) is 6.53. The Morgan fingerprint density at radius 1 is 1.40 bits per heavy atom. The van der Waals surface area contributed by atoms with E-state index >= 15 is 0 Å². The molecule has 1 aromatic rings. The third-order valence-electron chi connectivity index (χ3n) is 3.03. The number of hydrogen-bond acceptors (Lipinski definition) is 4. The Kier molecular flexibility index (Phi) is 5.53. The summed E-state index contributed by atoms with van der Waals surface area (Å²) in [6, 6.07) is -0.333. The number of aliphatic hydroxyl groups excluding tert-OH is 1. The van der Waals surface area contributed by atoms with Gasteiger partial charge in [0, 0.05) is 5.38 Å². The van der Waals surface area contributed by atoms with Crippen molar-refractivity contribution in [3.8, 4) is 0 Å². The molecule has 0 fully saturated rings. The summed E-state index contributed by atoms with van der Waals surface area (Å²) in [6.07, 6.45) is 1.53. The number of carbonyl (C=O) groups is 1. The molecular weight excluding hydrogens is 274 g/mol. The molecule has 5 nitrogen and oxygen atoms in total. The molecule has 1 unspecified atom stereocenters. The minimum Gasteiger partial charge on any atom is -0.394 e. The fourth-order valence-electron chi connectivity index (χ4n) is 1.63. The molecule has 0 saturated heterocycles. The maximum Gasteiger partial charge on any atom is 0.321 e. The minimum atomic E-state index is -0.602. The van der Waals surface area contributed by atoms with E-state index in [0.717, 1.165) is 12.1 Å². The Balaban J connectivity index is 2.59. The first-order valence-electron chi connectivity index (χ1n) is 6.82. The standard InChI is InChI=1S/C14H25N3O2S/c1-6-14(5,9-18)17-11(19)16-12-15-10(8-20-12)7-13(2,3)4/h8,18H,6-7,9H2,1-5H3,(H2,15,16,17,19). The van der Waals surface area contributed by atoms with E-state index in [1.54, 1.807) is 6.92 Å². The number of nitrogens with zero attached hydrogens (tertiary/aromatic N) is 1. The summed E-state index contributed by atoms with van der Waals surface area (Å²) in [6.45, 7) is 10.1. The molecule has 6 heteroatoms. The molecule has 0 aromatic carbocycles. The molecule has 3 N–H and O–H groups in total. The van der Waals surface area contributed by atoms with Crippen molar-refractivity contribution in [1.82, 2.24) is 10.3 Å². The van der Waals surface area contributed by atoms with Crippen LogP contribution in [0.25, 0.3) is 0 Å². The Hall–Kier alpha value is -1.14. The van der Waals surface area contributed by atoms with Crippen LogP contribution in [0.15, 0.2) is 5.38 Å². The highest BCUT2D eigenvalue weighted by Gasteiger charge is 2.23. The van der Waals surface area contributed by atoms with Crippen molar-refractivity contribution in [2.24, 2.45) is 5.41 Å². The lowest BCUT2D eigenvalue weighted by atomic mass is 9.91. The van der Waals surface area contributed by atoms with Crippen molar-refractivity contribution in [3.63, 3.8) is 0 Å². The first kappa shape index (κ1) is 16.9. The molecule has 0 bridgehead atoms. The third-order valence-corrected chi connectivity index (χ3v) is 3.83. The number of carbonyl (C=O) groups excluding carboxylic acids is 1. The number of urea groups is 1. The van der Waals surface area contributed by atoms with E-state index in [-0.39, 0.29) is 18.1 Å². The maximum absolute atomic E-state index is 11.9. The summed E-state index contributed by atoms with van der Waals surface area (Å²) in [5, 5.41) is 17.3. The van der Waals surface area contributed by atoms with Crippen LogP contribution >= 0.6 is 11.3 Å². The van der Waals surface area contributed by atoms with Gasteiger partial charge in [-0.25, -0.2) is 9.78 Å². The number of aromatic nitrogens is 1. The third kappa shape index (κ3) is 5.46. The summed E-state index contributed by atoms with van der Waals surface area (Å²) in [5.74, 6) is 0. The fraction of sp³-hybridized carbons (Fsp3) is 0.714. The lowest BCUT2D eigenvalue weighted by Gasteiger charge is -2.26. The summed E-state index contributed by atoms with van der Waals surface area (Å²) < 4.78 is 0. The highest BCUT2D eigenvalue weighted by molar-refractivity contribution is 7.13. The Labute approximate surface area is 124 Å². The summed E-state index contributed by atoms with van der Waals surface area (Å²) in [7, 11) is 0. The van der Waals surface area contributed by atoms with Gasteiger partial charge < -0.3 is 10.4 Å². The Morgan fingerprint density at radius 3 is 2.55 bits per heavy atom. The Bertz CT molecular complexity index is 448. The first-order valence-corrected chi connectivity index (χ1v) is 7.70. The van der Waals surface area contributed by atoms with E-state index in [1.807, 2.05) is 12.3 Å². The topological polar surface area (TPSA) is 74.2 Å². The van der Waals surface area contributed by atoms with Gasteiger partial charge in [-0.1, -0.05) is 27.7 Å². The number of nitrogens with one attached hydrogen (secondary N) is 2. The van der Waals surface area contributed by atoms with Crippen molar-refractivity contribution >= 4 is 22.5 Å². The molecular formula is C14H25N3O2S. The fourth-order valence-corrected chi connectivity index (χ4v) is 2.34. The largest absolute Gasteiger partial charge is 0.394 e. The van der Waals surface area contributed by atoms with Crippen LogP contribution in [0.1, 0.15) is 46.7 Å². The van der Waals surface area contributed by atoms with Gasteiger partial charge >= 0.3 is 6.03 Å². The average molecular weight is 299 g/mol. The highest BCUT2D eigenvalue weighted by Crippen LogP contribution is 2.24. The molecule has 0 radical (unpaired) electrons. The predicted molar refractivity (Wildman–Crippen MR) is 83.2 cm³/mol. The molecule has 1 aromatic heterocycles. The van der Waals surface area contributed by atoms with Gasteiger partial charge in [0.25, 0.3) is 0 Å². The monoisotopic (exact) mass is 299 g/mol. The van der Waals surface area contributed by atoms with Crippen LogP contribution in [-0.2, 0) is 6.42 Å². The second-order valence-corrected chi connectivity index (χ2v) is 7.39. The second kappa shape index (κ2) is 6.54. The van der Waals surface area contributed by atoms with Crippen molar-refractivity contribution in [2.75, 3.05) is 11.9 Å². The predicted octanol–water partition coefficient (Wildman–Crippen LogP) is 3.01. The number of rotatable bonds is 5. The first-order chi connectivity index (χ1) is 9.17. The van der Waals surface area contributed by atoms with E-state index in [4.69, 9.17) is 0 Å². The molecule has 114 valence electrons. The van der Waals surface area contributed by atoms with E-state index in [2.05, 4.69) is 36.4 Å². The van der Waals surface area contributed by atoms with Gasteiger partial charge in [0.2, 0.25) is 0 Å². The molecule has 1 atom stereocenters. The number of amides is 2. The quantitative estimate of drug-likeness (QED) is 0.782. The van der Waals surface area contributed by atoms with E-state index < -0.39 is 5.54 Å². The smallest absolute Gasteiger partial charge is 0.321 e. The molecule has 20 heavy (non-hydrogen) atoms. The maximum atomic E-state index is 11.9. The van der Waals surface area contributed by atoms with E-state index in [9.17, 15) is 9.90 Å². The SMILES string of the molecule is CCC(C)(CO)NC(=O)Nc1nc(CC(C)(C)C)cs1. The molecule has 0 spiro atoms. The van der Waals surface area contributed by atoms with Gasteiger partial charge in [-0.05, 0) is 25.2 Å². The van der Waals surface area contributed by atoms with Gasteiger partial charge in [0.15, 0.2) is 5.13 Å². The lowest BCUT2D eigenvalue weighted by Crippen LogP contribution is -2.50. The molecule has 0 aliphatic carbocycles. The highest BCUT2D eigenvalue weighted by atomic mass is 32.1. The number of thiazole rings is 1. The zero-order valence-corrected chi connectivity index (χ0v) is 13.7. The zero-order valence-electron chi connectivity index (χ0n) is 12.9. The van der Waals surface area contributed by atoms with Crippen LogP contribution < -0.4 is 10.6 Å². The molecule has 1 heterocycles. The lowest BCUT2D eigenvalue weighted by molar-refractivity contribution is 0.172. The molecule has 1 rings (SSSR count). The molecule has 0 aliphatic rings. The number of anilines is 1.